The molecule has 0 aliphatic rings. The number of hydrogen-bond acceptors (Lipinski definition) is 10. The monoisotopic (exact) mass is 886 g/mol. The Hall–Kier alpha value is -3.91. The molecule has 0 heterocycles. The molecule has 332 valence electrons. The number of halogens is 6. The van der Waals surface area contributed by atoms with Gasteiger partial charge in [-0.1, -0.05) is 12.1 Å². The van der Waals surface area contributed by atoms with Crippen LogP contribution in [0.4, 0.5) is 26.3 Å². The van der Waals surface area contributed by atoms with E-state index >= 15 is 26.3 Å². The standard InChI is InChI=1S/C37H52F6N2O12Si2/c1-7-52-58(53-8-2,54-9-3)21-13-19-44-31(46)27-17-15-26(24-30(27)34(50)51)35(36(38,39)40,37(41,42)43)25-16-18-28(33(48)49)29(23-25)32(47)45-20-14-22-59(55-10-4,56-11-5)57-12-6/h15-18,23-24H,7-14,19-22H2,1-6H3,(H,44,46)(H,45,47)(H,48,49)(H,50,51). The maximum absolute atomic E-state index is 15.2. The van der Waals surface area contributed by atoms with Gasteiger partial charge < -0.3 is 47.4 Å². The van der Waals surface area contributed by atoms with Gasteiger partial charge in [-0.3, -0.25) is 9.59 Å². The first-order chi connectivity index (χ1) is 27.7. The topological polar surface area (TPSA) is 188 Å². The van der Waals surface area contributed by atoms with Crippen molar-refractivity contribution in [2.24, 2.45) is 0 Å². The number of carbonyl (C=O) groups excluding carboxylic acids is 2. The highest BCUT2D eigenvalue weighted by Gasteiger charge is 2.72. The van der Waals surface area contributed by atoms with E-state index in [4.69, 9.17) is 26.6 Å². The molecule has 0 unspecified atom stereocenters. The molecule has 2 rings (SSSR count). The average molecular weight is 887 g/mol. The Balaban J connectivity index is 2.61. The third kappa shape index (κ3) is 12.6. The van der Waals surface area contributed by atoms with Gasteiger partial charge in [-0.25, -0.2) is 9.59 Å². The van der Waals surface area contributed by atoms with Gasteiger partial charge in [0.15, 0.2) is 0 Å². The lowest BCUT2D eigenvalue weighted by Gasteiger charge is -2.38. The fourth-order valence-corrected chi connectivity index (χ4v) is 11.7. The first-order valence-electron chi connectivity index (χ1n) is 19.0. The highest BCUT2D eigenvalue weighted by Crippen LogP contribution is 2.56. The smallest absolute Gasteiger partial charge is 0.478 e. The molecule has 0 saturated carbocycles. The summed E-state index contributed by atoms with van der Waals surface area (Å²) in [6.45, 7) is 11.5. The molecule has 2 aromatic carbocycles. The van der Waals surface area contributed by atoms with E-state index in [1.165, 1.54) is 0 Å². The lowest BCUT2D eigenvalue weighted by Crippen LogP contribution is -2.55. The van der Waals surface area contributed by atoms with Crippen LogP contribution < -0.4 is 10.6 Å². The number of carboxylic acids is 2. The van der Waals surface area contributed by atoms with Crippen LogP contribution in [0.2, 0.25) is 12.1 Å². The molecule has 0 bridgehead atoms. The van der Waals surface area contributed by atoms with Crippen molar-refractivity contribution in [1.29, 1.82) is 0 Å². The highest BCUT2D eigenvalue weighted by molar-refractivity contribution is 6.61. The van der Waals surface area contributed by atoms with Crippen molar-refractivity contribution >= 4 is 41.4 Å². The number of alkyl halides is 6. The van der Waals surface area contributed by atoms with Crippen LogP contribution in [0.25, 0.3) is 0 Å². The van der Waals surface area contributed by atoms with Crippen LogP contribution >= 0.6 is 0 Å². The second-order valence-electron chi connectivity index (χ2n) is 12.6. The van der Waals surface area contributed by atoms with Gasteiger partial charge >= 0.3 is 41.9 Å². The van der Waals surface area contributed by atoms with E-state index < -0.39 is 92.5 Å². The van der Waals surface area contributed by atoms with Crippen molar-refractivity contribution in [3.05, 3.63) is 69.8 Å². The molecular formula is C37H52F6N2O12Si2. The molecule has 0 aliphatic carbocycles. The van der Waals surface area contributed by atoms with E-state index in [0.29, 0.717) is 18.2 Å². The maximum atomic E-state index is 15.2. The number of aromatic carboxylic acids is 2. The van der Waals surface area contributed by atoms with E-state index in [2.05, 4.69) is 10.6 Å². The molecule has 0 aromatic heterocycles. The molecule has 14 nitrogen and oxygen atoms in total. The van der Waals surface area contributed by atoms with Crippen molar-refractivity contribution in [2.75, 3.05) is 52.7 Å². The fourth-order valence-electron chi connectivity index (χ4n) is 6.49. The third-order valence-corrected chi connectivity index (χ3v) is 15.1. The van der Waals surface area contributed by atoms with Gasteiger partial charge in [-0.05, 0) is 89.8 Å². The molecule has 22 heteroatoms. The molecular weight excluding hydrogens is 835 g/mol. The Morgan fingerprint density at radius 2 is 0.847 bits per heavy atom. The molecule has 0 fully saturated rings. The molecule has 4 N–H and O–H groups in total. The number of benzene rings is 2. The second-order valence-corrected chi connectivity index (χ2v) is 18.0. The predicted molar refractivity (Wildman–Crippen MR) is 204 cm³/mol. The quantitative estimate of drug-likeness (QED) is 0.0439. The van der Waals surface area contributed by atoms with Gasteiger partial charge in [0.2, 0.25) is 5.41 Å². The molecule has 59 heavy (non-hydrogen) atoms. The van der Waals surface area contributed by atoms with E-state index in [1.807, 2.05) is 0 Å². The number of carboxylic acid groups (broad SMARTS) is 2. The van der Waals surface area contributed by atoms with Gasteiger partial charge in [0.05, 0.1) is 22.3 Å². The summed E-state index contributed by atoms with van der Waals surface area (Å²) in [5, 5.41) is 24.5. The third-order valence-electron chi connectivity index (χ3n) is 8.78. The zero-order chi connectivity index (χ0) is 44.7. The average Bonchev–Trinajstić information content (AvgIpc) is 3.14. The summed E-state index contributed by atoms with van der Waals surface area (Å²) in [6.07, 6.45) is -12.2. The Labute approximate surface area is 340 Å². The van der Waals surface area contributed by atoms with Gasteiger partial charge in [0, 0.05) is 64.8 Å². The largest absolute Gasteiger partial charge is 0.500 e. The molecule has 0 atom stereocenters. The Morgan fingerprint density at radius 1 is 0.525 bits per heavy atom. The highest BCUT2D eigenvalue weighted by atomic mass is 28.4. The fraction of sp³-hybridized carbons (Fsp3) is 0.568. The molecule has 0 saturated heterocycles. The van der Waals surface area contributed by atoms with Gasteiger partial charge in [0.25, 0.3) is 11.8 Å². The lowest BCUT2D eigenvalue weighted by molar-refractivity contribution is -0.288. The van der Waals surface area contributed by atoms with Crippen molar-refractivity contribution in [3.8, 4) is 0 Å². The summed E-state index contributed by atoms with van der Waals surface area (Å²) in [5.41, 5.74) is -12.2. The minimum atomic E-state index is -6.27. The Morgan fingerprint density at radius 3 is 1.17 bits per heavy atom. The van der Waals surface area contributed by atoms with E-state index in [1.54, 1.807) is 41.5 Å². The van der Waals surface area contributed by atoms with Crippen LogP contribution in [0.5, 0.6) is 0 Å². The molecule has 0 aliphatic heterocycles. The minimum Gasteiger partial charge on any atom is -0.478 e. The van der Waals surface area contributed by atoms with Crippen LogP contribution in [-0.2, 0) is 32.0 Å². The van der Waals surface area contributed by atoms with E-state index in [-0.39, 0.29) is 95.9 Å². The van der Waals surface area contributed by atoms with Gasteiger partial charge in [-0.2, -0.15) is 26.3 Å². The predicted octanol–water partition coefficient (Wildman–Crippen LogP) is 6.83. The number of nitrogens with one attached hydrogen (secondary N) is 2. The van der Waals surface area contributed by atoms with Crippen LogP contribution in [0, 0.1) is 0 Å². The van der Waals surface area contributed by atoms with Crippen molar-refractivity contribution in [1.82, 2.24) is 10.6 Å². The summed E-state index contributed by atoms with van der Waals surface area (Å²) >= 11 is 0. The molecule has 2 amide bonds. The molecule has 2 aromatic rings. The van der Waals surface area contributed by atoms with E-state index in [0.717, 1.165) is 0 Å². The summed E-state index contributed by atoms with van der Waals surface area (Å²) in [6, 6.07) is 2.16. The first-order valence-corrected chi connectivity index (χ1v) is 22.9. The summed E-state index contributed by atoms with van der Waals surface area (Å²) < 4.78 is 126. The van der Waals surface area contributed by atoms with Crippen LogP contribution in [0.1, 0.15) is 107 Å². The zero-order valence-electron chi connectivity index (χ0n) is 33.7. The number of hydrogen-bond donors (Lipinski definition) is 4. The molecule has 0 radical (unpaired) electrons. The first kappa shape index (κ1) is 51.2. The number of rotatable bonds is 26. The van der Waals surface area contributed by atoms with E-state index in [9.17, 15) is 29.4 Å². The van der Waals surface area contributed by atoms with Gasteiger partial charge in [-0.15, -0.1) is 0 Å². The second kappa shape index (κ2) is 22.6. The minimum absolute atomic E-state index is 0.0888. The SMILES string of the molecule is CCO[Si](CCCNC(=O)c1ccc(C(c2ccc(C(=O)O)c(C(=O)NCCC[Si](OCC)(OCC)OCC)c2)(C(F)(F)F)C(F)(F)F)cc1C(=O)O)(OCC)OCC. The number of amides is 2. The maximum Gasteiger partial charge on any atom is 0.500 e. The van der Waals surface area contributed by atoms with Crippen LogP contribution in [0.3, 0.4) is 0 Å². The lowest BCUT2D eigenvalue weighted by atomic mass is 9.71. The summed E-state index contributed by atoms with van der Waals surface area (Å²) in [5.74, 6) is -6.26. The number of carbonyl (C=O) groups is 4. The van der Waals surface area contributed by atoms with Crippen molar-refractivity contribution in [2.45, 2.75) is 84.2 Å². The van der Waals surface area contributed by atoms with Gasteiger partial charge in [0.1, 0.15) is 0 Å². The van der Waals surface area contributed by atoms with Crippen molar-refractivity contribution < 1.29 is 82.3 Å². The normalized spacial score (nSPS) is 12.7. The van der Waals surface area contributed by atoms with Crippen molar-refractivity contribution in [3.63, 3.8) is 0 Å². The van der Waals surface area contributed by atoms with Crippen LogP contribution in [0.15, 0.2) is 36.4 Å². The Bertz CT molecular complexity index is 1680. The summed E-state index contributed by atoms with van der Waals surface area (Å²) in [4.78, 5) is 51.0. The zero-order valence-corrected chi connectivity index (χ0v) is 35.7. The summed E-state index contributed by atoms with van der Waals surface area (Å²) in [7, 11) is -6.36. The Kier molecular flexibility index (Phi) is 19.6. The molecule has 0 spiro atoms. The van der Waals surface area contributed by atoms with Crippen LogP contribution in [-0.4, -0.2) is 117 Å².